The van der Waals surface area contributed by atoms with E-state index in [0.29, 0.717) is 12.0 Å². The lowest BCUT2D eigenvalue weighted by Crippen LogP contribution is -2.41. The molecule has 3 rings (SSSR count). The van der Waals surface area contributed by atoms with Crippen molar-refractivity contribution in [2.24, 2.45) is 5.92 Å². The lowest BCUT2D eigenvalue weighted by atomic mass is 9.86. The smallest absolute Gasteiger partial charge is 0.263 e. The number of hydrogen-bond acceptors (Lipinski definition) is 4. The number of aryl methyl sites for hydroxylation is 1. The number of hydrogen-bond donors (Lipinski definition) is 1. The Balaban J connectivity index is 1.86. The molecule has 120 valence electrons. The highest BCUT2D eigenvalue weighted by Crippen LogP contribution is 2.27. The number of nitrogens with one attached hydrogen (secondary N) is 1. The third-order valence-electron chi connectivity index (χ3n) is 4.67. The fourth-order valence-corrected chi connectivity index (χ4v) is 4.26. The van der Waals surface area contributed by atoms with E-state index in [2.05, 4.69) is 36.3 Å². The zero-order valence-corrected chi connectivity index (χ0v) is 14.5. The molecule has 1 N–H and O–H groups in total. The van der Waals surface area contributed by atoms with Gasteiger partial charge < -0.3 is 5.32 Å². The number of thiazole rings is 1. The van der Waals surface area contributed by atoms with Gasteiger partial charge in [0.2, 0.25) is 4.96 Å². The molecule has 5 nitrogen and oxygen atoms in total. The van der Waals surface area contributed by atoms with Crippen LogP contribution in [0.2, 0.25) is 0 Å². The first kappa shape index (κ1) is 15.5. The summed E-state index contributed by atoms with van der Waals surface area (Å²) in [6.45, 7) is 8.41. The van der Waals surface area contributed by atoms with Crippen LogP contribution in [-0.4, -0.2) is 26.5 Å². The third kappa shape index (κ3) is 2.64. The molecule has 1 saturated carbocycles. The summed E-state index contributed by atoms with van der Waals surface area (Å²) in [5, 5.41) is 11.7. The highest BCUT2D eigenvalue weighted by atomic mass is 32.1. The van der Waals surface area contributed by atoms with Crippen molar-refractivity contribution < 1.29 is 4.79 Å². The van der Waals surface area contributed by atoms with Gasteiger partial charge in [-0.25, -0.2) is 0 Å². The predicted octanol–water partition coefficient (Wildman–Crippen LogP) is 3.53. The van der Waals surface area contributed by atoms with E-state index < -0.39 is 0 Å². The summed E-state index contributed by atoms with van der Waals surface area (Å²) in [6, 6.07) is 0.303. The average Bonchev–Trinajstić information content (AvgIpc) is 3.02. The molecular formula is C16H24N4OS. The Hall–Kier alpha value is -1.43. The number of rotatable bonds is 3. The summed E-state index contributed by atoms with van der Waals surface area (Å²) in [6.07, 6.45) is 4.79. The highest BCUT2D eigenvalue weighted by Gasteiger charge is 2.26. The molecule has 2 atom stereocenters. The van der Waals surface area contributed by atoms with E-state index in [1.807, 2.05) is 11.3 Å². The van der Waals surface area contributed by atoms with Gasteiger partial charge in [-0.05, 0) is 25.7 Å². The summed E-state index contributed by atoms with van der Waals surface area (Å²) < 4.78 is 2.02. The van der Waals surface area contributed by atoms with Gasteiger partial charge in [0, 0.05) is 17.7 Å². The molecular weight excluding hydrogens is 296 g/mol. The number of aromatic nitrogens is 3. The maximum atomic E-state index is 12.7. The minimum absolute atomic E-state index is 0.0430. The van der Waals surface area contributed by atoms with Gasteiger partial charge in [0.15, 0.2) is 0 Å². The second kappa shape index (κ2) is 5.99. The van der Waals surface area contributed by atoms with E-state index in [0.717, 1.165) is 27.8 Å². The van der Waals surface area contributed by atoms with Crippen molar-refractivity contribution in [1.82, 2.24) is 19.9 Å². The number of carbonyl (C=O) groups excluding carboxylic acids is 1. The van der Waals surface area contributed by atoms with Gasteiger partial charge in [-0.1, -0.05) is 44.9 Å². The highest BCUT2D eigenvalue weighted by molar-refractivity contribution is 7.19. The van der Waals surface area contributed by atoms with Gasteiger partial charge in [-0.3, -0.25) is 9.20 Å². The molecule has 2 aromatic heterocycles. The van der Waals surface area contributed by atoms with E-state index >= 15 is 0 Å². The fourth-order valence-electron chi connectivity index (χ4n) is 3.28. The fraction of sp³-hybridized carbons (Fsp3) is 0.688. The quantitative estimate of drug-likeness (QED) is 0.941. The number of carbonyl (C=O) groups is 1. The molecule has 22 heavy (non-hydrogen) atoms. The van der Waals surface area contributed by atoms with Crippen molar-refractivity contribution >= 4 is 22.2 Å². The van der Waals surface area contributed by atoms with Crippen LogP contribution in [0.1, 0.15) is 73.6 Å². The second-order valence-corrected chi connectivity index (χ2v) is 7.67. The van der Waals surface area contributed by atoms with Gasteiger partial charge in [-0.2, -0.15) is 0 Å². The summed E-state index contributed by atoms with van der Waals surface area (Å²) in [4.78, 5) is 14.2. The van der Waals surface area contributed by atoms with Gasteiger partial charge >= 0.3 is 0 Å². The van der Waals surface area contributed by atoms with E-state index in [9.17, 15) is 4.79 Å². The molecule has 0 spiro atoms. The minimum Gasteiger partial charge on any atom is -0.348 e. The predicted molar refractivity (Wildman–Crippen MR) is 88.6 cm³/mol. The van der Waals surface area contributed by atoms with Crippen molar-refractivity contribution in [3.63, 3.8) is 0 Å². The molecule has 0 saturated heterocycles. The average molecular weight is 320 g/mol. The van der Waals surface area contributed by atoms with Crippen LogP contribution in [0.25, 0.3) is 4.96 Å². The van der Waals surface area contributed by atoms with Crippen LogP contribution in [0.4, 0.5) is 0 Å². The van der Waals surface area contributed by atoms with Crippen molar-refractivity contribution in [1.29, 1.82) is 0 Å². The maximum Gasteiger partial charge on any atom is 0.263 e. The third-order valence-corrected chi connectivity index (χ3v) is 5.80. The standard InChI is InChI=1S/C16H24N4OS/c1-9(2)14-18-19-16-20(14)11(4)13(22-16)15(21)17-12-8-6-5-7-10(12)3/h9-10,12H,5-8H2,1-4H3,(H,17,21). The zero-order valence-electron chi connectivity index (χ0n) is 13.7. The van der Waals surface area contributed by atoms with Crippen molar-refractivity contribution in [2.45, 2.75) is 65.3 Å². The van der Waals surface area contributed by atoms with Gasteiger partial charge in [-0.15, -0.1) is 10.2 Å². The lowest BCUT2D eigenvalue weighted by molar-refractivity contribution is 0.0913. The van der Waals surface area contributed by atoms with Crippen LogP contribution in [0.15, 0.2) is 0 Å². The summed E-state index contributed by atoms with van der Waals surface area (Å²) in [5.74, 6) is 1.82. The molecule has 1 fully saturated rings. The normalized spacial score (nSPS) is 22.4. The Morgan fingerprint density at radius 3 is 2.73 bits per heavy atom. The Morgan fingerprint density at radius 2 is 2.05 bits per heavy atom. The molecule has 0 bridgehead atoms. The molecule has 0 radical (unpaired) electrons. The molecule has 6 heteroatoms. The Morgan fingerprint density at radius 1 is 1.32 bits per heavy atom. The first-order valence-electron chi connectivity index (χ1n) is 8.14. The van der Waals surface area contributed by atoms with Gasteiger partial charge in [0.25, 0.3) is 5.91 Å². The van der Waals surface area contributed by atoms with Crippen LogP contribution in [0.5, 0.6) is 0 Å². The number of fused-ring (bicyclic) bond motifs is 1. The second-order valence-electron chi connectivity index (χ2n) is 6.69. The lowest BCUT2D eigenvalue weighted by Gasteiger charge is -2.29. The minimum atomic E-state index is 0.0430. The molecule has 1 amide bonds. The summed E-state index contributed by atoms with van der Waals surface area (Å²) >= 11 is 1.44. The topological polar surface area (TPSA) is 59.3 Å². The van der Waals surface area contributed by atoms with Gasteiger partial charge in [0.05, 0.1) is 0 Å². The Labute approximate surface area is 135 Å². The molecule has 1 aliphatic rings. The molecule has 2 aromatic rings. The van der Waals surface area contributed by atoms with E-state index in [-0.39, 0.29) is 11.8 Å². The molecule has 0 aromatic carbocycles. The Kier molecular flexibility index (Phi) is 4.21. The van der Waals surface area contributed by atoms with E-state index in [1.54, 1.807) is 0 Å². The van der Waals surface area contributed by atoms with Crippen LogP contribution in [0, 0.1) is 12.8 Å². The van der Waals surface area contributed by atoms with Crippen LogP contribution in [-0.2, 0) is 0 Å². The Bertz CT molecular complexity index is 688. The first-order valence-corrected chi connectivity index (χ1v) is 8.96. The van der Waals surface area contributed by atoms with E-state index in [1.165, 1.54) is 30.6 Å². The monoisotopic (exact) mass is 320 g/mol. The first-order chi connectivity index (χ1) is 10.5. The van der Waals surface area contributed by atoms with Crippen molar-refractivity contribution in [3.8, 4) is 0 Å². The van der Waals surface area contributed by atoms with Crippen LogP contribution >= 0.6 is 11.3 Å². The maximum absolute atomic E-state index is 12.7. The molecule has 0 aliphatic heterocycles. The van der Waals surface area contributed by atoms with Crippen molar-refractivity contribution in [2.75, 3.05) is 0 Å². The largest absolute Gasteiger partial charge is 0.348 e. The van der Waals surface area contributed by atoms with Crippen LogP contribution in [0.3, 0.4) is 0 Å². The number of nitrogens with zero attached hydrogens (tertiary/aromatic N) is 3. The molecule has 2 unspecified atom stereocenters. The molecule has 2 heterocycles. The molecule has 1 aliphatic carbocycles. The SMILES string of the molecule is Cc1c(C(=O)NC2CCCCC2C)sc2nnc(C(C)C)n12. The summed E-state index contributed by atoms with van der Waals surface area (Å²) in [5.41, 5.74) is 0.953. The number of amides is 1. The zero-order chi connectivity index (χ0) is 15.9. The van der Waals surface area contributed by atoms with E-state index in [4.69, 9.17) is 0 Å². The van der Waals surface area contributed by atoms with Gasteiger partial charge in [0.1, 0.15) is 10.7 Å². The van der Waals surface area contributed by atoms with Crippen molar-refractivity contribution in [3.05, 3.63) is 16.4 Å². The summed E-state index contributed by atoms with van der Waals surface area (Å²) in [7, 11) is 0. The van der Waals surface area contributed by atoms with Crippen LogP contribution < -0.4 is 5.32 Å².